The molecule has 1 N–H and O–H groups in total. The zero-order valence-electron chi connectivity index (χ0n) is 24.7. The molecule has 2 amide bonds. The van der Waals surface area contributed by atoms with E-state index in [-0.39, 0.29) is 34.8 Å². The number of ether oxygens (including phenoxy) is 2. The summed E-state index contributed by atoms with van der Waals surface area (Å²) in [5.41, 5.74) is 0.835. The van der Waals surface area contributed by atoms with Gasteiger partial charge in [0.15, 0.2) is 0 Å². The Morgan fingerprint density at radius 2 is 1.60 bits per heavy atom. The number of rotatable bonds is 13. The van der Waals surface area contributed by atoms with Gasteiger partial charge in [-0.25, -0.2) is 8.42 Å². The monoisotopic (exact) mass is 627 g/mol. The van der Waals surface area contributed by atoms with Crippen molar-refractivity contribution in [1.29, 1.82) is 0 Å². The summed E-state index contributed by atoms with van der Waals surface area (Å²) in [6.07, 6.45) is 4.20. The van der Waals surface area contributed by atoms with Gasteiger partial charge in [0.25, 0.3) is 10.0 Å². The van der Waals surface area contributed by atoms with Crippen LogP contribution >= 0.6 is 11.6 Å². The second-order valence-electron chi connectivity index (χ2n) is 10.4. The first-order chi connectivity index (χ1) is 20.7. The predicted molar refractivity (Wildman–Crippen MR) is 167 cm³/mol. The van der Waals surface area contributed by atoms with Crippen LogP contribution in [0, 0.1) is 0 Å². The highest BCUT2D eigenvalue weighted by molar-refractivity contribution is 7.92. The van der Waals surface area contributed by atoms with Crippen LogP contribution in [0.5, 0.6) is 11.5 Å². The van der Waals surface area contributed by atoms with E-state index >= 15 is 0 Å². The fraction of sp³-hybridized carbons (Fsp3) is 0.375. The van der Waals surface area contributed by atoms with Gasteiger partial charge >= 0.3 is 0 Å². The fourth-order valence-corrected chi connectivity index (χ4v) is 6.94. The minimum absolute atomic E-state index is 0.0252. The van der Waals surface area contributed by atoms with E-state index in [1.807, 2.05) is 6.92 Å². The maximum Gasteiger partial charge on any atom is 0.264 e. The molecule has 1 saturated carbocycles. The van der Waals surface area contributed by atoms with Crippen molar-refractivity contribution < 1.29 is 27.5 Å². The highest BCUT2D eigenvalue weighted by Gasteiger charge is 2.35. The summed E-state index contributed by atoms with van der Waals surface area (Å²) in [7, 11) is -1.35. The van der Waals surface area contributed by atoms with E-state index in [9.17, 15) is 18.0 Å². The number of nitrogens with zero attached hydrogens (tertiary/aromatic N) is 2. The van der Waals surface area contributed by atoms with E-state index < -0.39 is 28.5 Å². The first-order valence-electron chi connectivity index (χ1n) is 14.3. The van der Waals surface area contributed by atoms with Gasteiger partial charge in [0.05, 0.1) is 24.8 Å². The lowest BCUT2D eigenvalue weighted by atomic mass is 10.1. The largest absolute Gasteiger partial charge is 0.497 e. The van der Waals surface area contributed by atoms with Crippen LogP contribution in [0.3, 0.4) is 0 Å². The third kappa shape index (κ3) is 7.61. The normalized spacial score (nSPS) is 14.1. The van der Waals surface area contributed by atoms with Crippen LogP contribution < -0.4 is 19.1 Å². The molecule has 11 heteroatoms. The van der Waals surface area contributed by atoms with Gasteiger partial charge in [0, 0.05) is 17.6 Å². The number of anilines is 1. The van der Waals surface area contributed by atoms with E-state index in [1.54, 1.807) is 60.7 Å². The molecule has 0 aromatic heterocycles. The second kappa shape index (κ2) is 14.6. The highest BCUT2D eigenvalue weighted by Crippen LogP contribution is 2.33. The number of halogens is 1. The third-order valence-electron chi connectivity index (χ3n) is 7.67. The molecule has 230 valence electrons. The topological polar surface area (TPSA) is 105 Å². The molecule has 1 atom stereocenters. The van der Waals surface area contributed by atoms with Crippen molar-refractivity contribution in [3.05, 3.63) is 83.4 Å². The molecule has 3 aromatic carbocycles. The maximum absolute atomic E-state index is 14.3. The molecule has 43 heavy (non-hydrogen) atoms. The average molecular weight is 628 g/mol. The lowest BCUT2D eigenvalue weighted by Crippen LogP contribution is -2.53. The number of carbonyl (C=O) groups is 2. The fourth-order valence-electron chi connectivity index (χ4n) is 5.32. The van der Waals surface area contributed by atoms with Gasteiger partial charge < -0.3 is 19.7 Å². The van der Waals surface area contributed by atoms with Gasteiger partial charge in [-0.15, -0.1) is 0 Å². The Bertz CT molecular complexity index is 1510. The van der Waals surface area contributed by atoms with Crippen LogP contribution in [0.25, 0.3) is 0 Å². The number of hydrogen-bond acceptors (Lipinski definition) is 6. The maximum atomic E-state index is 14.3. The molecule has 0 aliphatic heterocycles. The lowest BCUT2D eigenvalue weighted by molar-refractivity contribution is -0.140. The first-order valence-corrected chi connectivity index (χ1v) is 16.1. The molecule has 9 nitrogen and oxygen atoms in total. The summed E-state index contributed by atoms with van der Waals surface area (Å²) in [5, 5.41) is 3.55. The molecule has 0 heterocycles. The van der Waals surface area contributed by atoms with Crippen molar-refractivity contribution in [2.75, 3.05) is 25.1 Å². The van der Waals surface area contributed by atoms with Gasteiger partial charge in [0.1, 0.15) is 24.1 Å². The molecular formula is C32H38ClN3O6S. The molecule has 1 aliphatic rings. The zero-order chi connectivity index (χ0) is 31.0. The number of sulfonamides is 1. The van der Waals surface area contributed by atoms with Gasteiger partial charge in [-0.3, -0.25) is 13.9 Å². The van der Waals surface area contributed by atoms with Crippen molar-refractivity contribution >= 4 is 39.1 Å². The summed E-state index contributed by atoms with van der Waals surface area (Å²) >= 11 is 6.48. The van der Waals surface area contributed by atoms with Crippen LogP contribution in [0.15, 0.2) is 77.7 Å². The van der Waals surface area contributed by atoms with Crippen molar-refractivity contribution in [3.63, 3.8) is 0 Å². The Labute approximate surface area is 258 Å². The molecule has 3 aromatic rings. The molecule has 1 aliphatic carbocycles. The van der Waals surface area contributed by atoms with Gasteiger partial charge in [-0.2, -0.15) is 0 Å². The van der Waals surface area contributed by atoms with E-state index in [0.717, 1.165) is 30.0 Å². The first kappa shape index (κ1) is 32.2. The van der Waals surface area contributed by atoms with E-state index in [4.69, 9.17) is 21.1 Å². The Kier molecular flexibility index (Phi) is 10.9. The average Bonchev–Trinajstić information content (AvgIpc) is 3.53. The Balaban J connectivity index is 1.75. The number of para-hydroxylation sites is 2. The number of carbonyl (C=O) groups excluding carboxylic acids is 2. The molecule has 4 rings (SSSR count). The predicted octanol–water partition coefficient (Wildman–Crippen LogP) is 5.42. The summed E-state index contributed by atoms with van der Waals surface area (Å²) in [6.45, 7) is 1.28. The molecule has 1 fully saturated rings. The van der Waals surface area contributed by atoms with Crippen LogP contribution in [0.1, 0.15) is 44.6 Å². The number of amides is 2. The second-order valence-corrected chi connectivity index (χ2v) is 12.7. The van der Waals surface area contributed by atoms with Crippen molar-refractivity contribution in [3.8, 4) is 11.5 Å². The van der Waals surface area contributed by atoms with Crippen LogP contribution in [0.2, 0.25) is 5.02 Å². The van der Waals surface area contributed by atoms with Crippen LogP contribution in [-0.4, -0.2) is 58.0 Å². The summed E-state index contributed by atoms with van der Waals surface area (Å²) in [6, 6.07) is 18.8. The van der Waals surface area contributed by atoms with Crippen molar-refractivity contribution in [2.45, 2.75) is 62.6 Å². The molecule has 0 bridgehead atoms. The third-order valence-corrected chi connectivity index (χ3v) is 9.81. The SMILES string of the molecule is CCC(C(=O)NC1CCCC1)N(Cc1ccccc1Cl)C(=O)CN(c1ccccc1OC)S(=O)(=O)c1ccc(OC)cc1. The van der Waals surface area contributed by atoms with E-state index in [1.165, 1.54) is 31.3 Å². The summed E-state index contributed by atoms with van der Waals surface area (Å²) < 4.78 is 40.0. The molecule has 1 unspecified atom stereocenters. The minimum Gasteiger partial charge on any atom is -0.497 e. The van der Waals surface area contributed by atoms with Crippen LogP contribution in [0.4, 0.5) is 5.69 Å². The zero-order valence-corrected chi connectivity index (χ0v) is 26.2. The smallest absolute Gasteiger partial charge is 0.264 e. The molecular weight excluding hydrogens is 590 g/mol. The molecule has 0 radical (unpaired) electrons. The molecule has 0 spiro atoms. The Morgan fingerprint density at radius 1 is 0.953 bits per heavy atom. The van der Waals surface area contributed by atoms with Gasteiger partial charge in [0.2, 0.25) is 11.8 Å². The minimum atomic E-state index is -4.27. The van der Waals surface area contributed by atoms with E-state index in [0.29, 0.717) is 22.8 Å². The summed E-state index contributed by atoms with van der Waals surface area (Å²) in [5.74, 6) is -0.0621. The quantitative estimate of drug-likeness (QED) is 0.271. The van der Waals surface area contributed by atoms with Crippen LogP contribution in [-0.2, 0) is 26.2 Å². The number of hydrogen-bond donors (Lipinski definition) is 1. The lowest BCUT2D eigenvalue weighted by Gasteiger charge is -2.34. The van der Waals surface area contributed by atoms with Gasteiger partial charge in [-0.1, -0.05) is 61.7 Å². The number of nitrogens with one attached hydrogen (secondary N) is 1. The standard InChI is InChI=1S/C32H38ClN3O6S/c1-4-28(32(38)34-24-12-6-7-13-24)35(21-23-11-5-8-14-27(23)33)31(37)22-36(29-15-9-10-16-30(29)42-3)43(39,40)26-19-17-25(41-2)18-20-26/h5,8-11,14-20,24,28H,4,6-7,12-13,21-22H2,1-3H3,(H,34,38). The van der Waals surface area contributed by atoms with Gasteiger partial charge in [-0.05, 0) is 67.3 Å². The molecule has 0 saturated heterocycles. The van der Waals surface area contributed by atoms with Crippen molar-refractivity contribution in [1.82, 2.24) is 10.2 Å². The van der Waals surface area contributed by atoms with E-state index in [2.05, 4.69) is 5.32 Å². The summed E-state index contributed by atoms with van der Waals surface area (Å²) in [4.78, 5) is 29.3. The van der Waals surface area contributed by atoms with Crippen molar-refractivity contribution in [2.24, 2.45) is 0 Å². The Hall–Kier alpha value is -3.76. The number of benzene rings is 3. The number of methoxy groups -OCH3 is 2. The Morgan fingerprint density at radius 3 is 2.23 bits per heavy atom. The highest BCUT2D eigenvalue weighted by atomic mass is 35.5.